The monoisotopic (exact) mass is 323 g/mol. The van der Waals surface area contributed by atoms with Crippen molar-refractivity contribution in [3.05, 3.63) is 66.0 Å². The Kier molecular flexibility index (Phi) is 4.89. The summed E-state index contributed by atoms with van der Waals surface area (Å²) in [4.78, 5) is 33.2. The molecule has 1 aliphatic rings. The van der Waals surface area contributed by atoms with Gasteiger partial charge >= 0.3 is 0 Å². The van der Waals surface area contributed by atoms with Crippen LogP contribution >= 0.6 is 0 Å². The molecule has 1 aromatic heterocycles. The number of pyridine rings is 1. The zero-order valence-corrected chi connectivity index (χ0v) is 13.8. The molecule has 0 radical (unpaired) electrons. The molecule has 0 spiro atoms. The molecule has 5 heteroatoms. The lowest BCUT2D eigenvalue weighted by molar-refractivity contribution is -0.133. The van der Waals surface area contributed by atoms with Crippen molar-refractivity contribution in [1.29, 1.82) is 0 Å². The highest BCUT2D eigenvalue weighted by Gasteiger charge is 2.31. The van der Waals surface area contributed by atoms with Crippen LogP contribution in [0, 0.1) is 5.92 Å². The molecule has 1 fully saturated rings. The topological polar surface area (TPSA) is 53.5 Å². The summed E-state index contributed by atoms with van der Waals surface area (Å²) < 4.78 is 0. The molecule has 1 atom stereocenters. The van der Waals surface area contributed by atoms with Gasteiger partial charge in [-0.15, -0.1) is 0 Å². The van der Waals surface area contributed by atoms with Gasteiger partial charge in [-0.3, -0.25) is 14.6 Å². The van der Waals surface area contributed by atoms with Crippen molar-refractivity contribution in [1.82, 2.24) is 14.8 Å². The summed E-state index contributed by atoms with van der Waals surface area (Å²) >= 11 is 0. The van der Waals surface area contributed by atoms with Gasteiger partial charge in [-0.25, -0.2) is 0 Å². The van der Waals surface area contributed by atoms with Gasteiger partial charge in [-0.1, -0.05) is 24.3 Å². The van der Waals surface area contributed by atoms with Crippen molar-refractivity contribution in [3.63, 3.8) is 0 Å². The molecule has 24 heavy (non-hydrogen) atoms. The van der Waals surface area contributed by atoms with Crippen molar-refractivity contribution in [2.75, 3.05) is 26.7 Å². The number of aromatic nitrogens is 1. The third kappa shape index (κ3) is 3.62. The Hall–Kier alpha value is -2.69. The molecule has 0 unspecified atom stereocenters. The lowest BCUT2D eigenvalue weighted by Gasteiger charge is -2.23. The van der Waals surface area contributed by atoms with Gasteiger partial charge in [0, 0.05) is 50.6 Å². The summed E-state index contributed by atoms with van der Waals surface area (Å²) in [6.45, 7) is 1.53. The number of nitrogens with zero attached hydrogens (tertiary/aromatic N) is 3. The van der Waals surface area contributed by atoms with Crippen molar-refractivity contribution in [2.45, 2.75) is 6.42 Å². The van der Waals surface area contributed by atoms with Gasteiger partial charge in [0.2, 0.25) is 5.91 Å². The summed E-state index contributed by atoms with van der Waals surface area (Å²) in [5, 5.41) is 0. The summed E-state index contributed by atoms with van der Waals surface area (Å²) in [6.07, 6.45) is 2.27. The van der Waals surface area contributed by atoms with Gasteiger partial charge in [0.25, 0.3) is 5.91 Å². The molecular weight excluding hydrogens is 302 g/mol. The van der Waals surface area contributed by atoms with Crippen LogP contribution in [0.1, 0.15) is 16.1 Å². The van der Waals surface area contributed by atoms with E-state index >= 15 is 0 Å². The van der Waals surface area contributed by atoms with Crippen LogP contribution in [0.5, 0.6) is 0 Å². The fourth-order valence-corrected chi connectivity index (χ4v) is 3.00. The number of benzene rings is 1. The van der Waals surface area contributed by atoms with E-state index in [1.165, 1.54) is 0 Å². The van der Waals surface area contributed by atoms with E-state index in [9.17, 15) is 9.59 Å². The highest BCUT2D eigenvalue weighted by Crippen LogP contribution is 2.17. The molecule has 1 aromatic carbocycles. The van der Waals surface area contributed by atoms with Crippen LogP contribution in [0.4, 0.5) is 0 Å². The maximum Gasteiger partial charge on any atom is 0.253 e. The first-order valence-electron chi connectivity index (χ1n) is 8.14. The third-order valence-corrected chi connectivity index (χ3v) is 4.36. The molecule has 5 nitrogen and oxygen atoms in total. The molecule has 2 amide bonds. The molecule has 2 aromatic rings. The number of hydrogen-bond acceptors (Lipinski definition) is 3. The van der Waals surface area contributed by atoms with Crippen LogP contribution in [-0.4, -0.2) is 53.3 Å². The Balaban J connectivity index is 1.79. The molecule has 0 saturated carbocycles. The summed E-state index contributed by atoms with van der Waals surface area (Å²) in [7, 11) is 1.80. The standard InChI is InChI=1S/C19H21N3O2/c1-21-11-12-22(19(24)15-7-3-2-4-8-15)14-16(18(21)23)13-17-9-5-6-10-20-17/h2-10,16H,11-14H2,1H3/t16-/m1/s1. The van der Waals surface area contributed by atoms with Crippen molar-refractivity contribution in [3.8, 4) is 0 Å². The van der Waals surface area contributed by atoms with Crippen LogP contribution in [-0.2, 0) is 11.2 Å². The number of carbonyl (C=O) groups excluding carboxylic acids is 2. The van der Waals surface area contributed by atoms with Gasteiger partial charge in [-0.05, 0) is 24.3 Å². The van der Waals surface area contributed by atoms with E-state index in [1.807, 2.05) is 48.5 Å². The summed E-state index contributed by atoms with van der Waals surface area (Å²) in [5.74, 6) is -0.214. The number of hydrogen-bond donors (Lipinski definition) is 0. The van der Waals surface area contributed by atoms with Crippen LogP contribution in [0.25, 0.3) is 0 Å². The van der Waals surface area contributed by atoms with Crippen LogP contribution < -0.4 is 0 Å². The Labute approximate surface area is 141 Å². The molecule has 2 heterocycles. The Bertz CT molecular complexity index is 703. The minimum absolute atomic E-state index is 0.0234. The molecular formula is C19H21N3O2. The summed E-state index contributed by atoms with van der Waals surface area (Å²) in [6, 6.07) is 14.9. The fraction of sp³-hybridized carbons (Fsp3) is 0.316. The maximum atomic E-state index is 12.7. The van der Waals surface area contributed by atoms with Gasteiger partial charge in [0.1, 0.15) is 0 Å². The third-order valence-electron chi connectivity index (χ3n) is 4.36. The van der Waals surface area contributed by atoms with E-state index in [1.54, 1.807) is 23.0 Å². The predicted octanol–water partition coefficient (Wildman–Crippen LogP) is 1.85. The number of likely N-dealkylation sites (N-methyl/N-ethyl adjacent to an activating group) is 1. The van der Waals surface area contributed by atoms with Crippen LogP contribution in [0.3, 0.4) is 0 Å². The average molecular weight is 323 g/mol. The van der Waals surface area contributed by atoms with Crippen LogP contribution in [0.2, 0.25) is 0 Å². The average Bonchev–Trinajstić information content (AvgIpc) is 2.77. The normalized spacial score (nSPS) is 18.4. The molecule has 124 valence electrons. The zero-order chi connectivity index (χ0) is 16.9. The first-order chi connectivity index (χ1) is 11.6. The second kappa shape index (κ2) is 7.25. The fourth-order valence-electron chi connectivity index (χ4n) is 3.00. The molecule has 0 aliphatic carbocycles. The Morgan fingerprint density at radius 1 is 1.12 bits per heavy atom. The van der Waals surface area contributed by atoms with Gasteiger partial charge < -0.3 is 9.80 Å². The molecule has 3 rings (SSSR count). The van der Waals surface area contributed by atoms with Crippen molar-refractivity contribution >= 4 is 11.8 Å². The predicted molar refractivity (Wildman–Crippen MR) is 91.4 cm³/mol. The number of rotatable bonds is 3. The highest BCUT2D eigenvalue weighted by molar-refractivity contribution is 5.94. The zero-order valence-electron chi connectivity index (χ0n) is 13.8. The second-order valence-electron chi connectivity index (χ2n) is 6.10. The van der Waals surface area contributed by atoms with E-state index in [-0.39, 0.29) is 17.7 Å². The largest absolute Gasteiger partial charge is 0.344 e. The lowest BCUT2D eigenvalue weighted by atomic mass is 10.0. The molecule has 0 N–H and O–H groups in total. The number of carbonyl (C=O) groups is 2. The smallest absolute Gasteiger partial charge is 0.253 e. The van der Waals surface area contributed by atoms with E-state index in [0.717, 1.165) is 5.69 Å². The molecule has 1 saturated heterocycles. The minimum Gasteiger partial charge on any atom is -0.344 e. The first kappa shape index (κ1) is 16.2. The molecule has 1 aliphatic heterocycles. The first-order valence-corrected chi connectivity index (χ1v) is 8.14. The van der Waals surface area contributed by atoms with E-state index in [2.05, 4.69) is 4.98 Å². The Morgan fingerprint density at radius 3 is 2.58 bits per heavy atom. The number of amides is 2. The molecule has 0 bridgehead atoms. The maximum absolute atomic E-state index is 12.7. The van der Waals surface area contributed by atoms with E-state index in [0.29, 0.717) is 31.6 Å². The lowest BCUT2D eigenvalue weighted by Crippen LogP contribution is -2.37. The SMILES string of the molecule is CN1CCN(C(=O)c2ccccc2)C[C@@H](Cc2ccccn2)C1=O. The summed E-state index contributed by atoms with van der Waals surface area (Å²) in [5.41, 5.74) is 1.53. The quantitative estimate of drug-likeness (QED) is 0.866. The van der Waals surface area contributed by atoms with Crippen LogP contribution in [0.15, 0.2) is 54.7 Å². The van der Waals surface area contributed by atoms with Crippen molar-refractivity contribution < 1.29 is 9.59 Å². The van der Waals surface area contributed by atoms with E-state index in [4.69, 9.17) is 0 Å². The van der Waals surface area contributed by atoms with Crippen molar-refractivity contribution in [2.24, 2.45) is 5.92 Å². The highest BCUT2D eigenvalue weighted by atomic mass is 16.2. The minimum atomic E-state index is -0.264. The van der Waals surface area contributed by atoms with Gasteiger partial charge in [-0.2, -0.15) is 0 Å². The Morgan fingerprint density at radius 2 is 1.88 bits per heavy atom. The van der Waals surface area contributed by atoms with E-state index < -0.39 is 0 Å². The second-order valence-corrected chi connectivity index (χ2v) is 6.10. The van der Waals surface area contributed by atoms with Gasteiger partial charge in [0.15, 0.2) is 0 Å². The van der Waals surface area contributed by atoms with Gasteiger partial charge in [0.05, 0.1) is 5.92 Å².